The van der Waals surface area contributed by atoms with Crippen LogP contribution < -0.4 is 11.5 Å². The highest BCUT2D eigenvalue weighted by Crippen LogP contribution is 2.20. The summed E-state index contributed by atoms with van der Waals surface area (Å²) in [4.78, 5) is 14.5. The first-order valence-electron chi connectivity index (χ1n) is 4.91. The van der Waals surface area contributed by atoms with Crippen molar-refractivity contribution in [3.63, 3.8) is 0 Å². The monoisotopic (exact) mass is 203 g/mol. The lowest BCUT2D eigenvalue weighted by Gasteiger charge is -2.16. The molecule has 4 nitrogen and oxygen atoms in total. The van der Waals surface area contributed by atoms with E-state index in [0.29, 0.717) is 0 Å². The Morgan fingerprint density at radius 1 is 1.36 bits per heavy atom. The summed E-state index contributed by atoms with van der Waals surface area (Å²) >= 11 is 0. The molecule has 0 atom stereocenters. The molecule has 4 N–H and O–H groups in total. The first kappa shape index (κ1) is 18.8. The molecule has 4 heteroatoms. The molecule has 0 bridgehead atoms. The molecule has 1 amide bonds. The Morgan fingerprint density at radius 3 is 1.93 bits per heavy atom. The van der Waals surface area contributed by atoms with Crippen molar-refractivity contribution < 1.29 is 4.79 Å². The van der Waals surface area contributed by atoms with Gasteiger partial charge in [0.25, 0.3) is 5.91 Å². The number of nitrogens with zero attached hydrogens (tertiary/aromatic N) is 1. The third kappa shape index (κ3) is 9.19. The van der Waals surface area contributed by atoms with Crippen LogP contribution in [-0.4, -0.2) is 19.3 Å². The van der Waals surface area contributed by atoms with Gasteiger partial charge < -0.3 is 11.5 Å². The van der Waals surface area contributed by atoms with E-state index in [-0.39, 0.29) is 11.3 Å². The maximum atomic E-state index is 11.0. The van der Waals surface area contributed by atoms with Gasteiger partial charge in [-0.3, -0.25) is 4.79 Å². The second-order valence-electron chi connectivity index (χ2n) is 2.82. The number of carbonyl (C=O) groups is 1. The first-order valence-corrected chi connectivity index (χ1v) is 4.91. The molecule has 0 aromatic heterocycles. The van der Waals surface area contributed by atoms with Crippen molar-refractivity contribution in [3.8, 4) is 0 Å². The van der Waals surface area contributed by atoms with Crippen LogP contribution in [0.5, 0.6) is 0 Å². The van der Waals surface area contributed by atoms with Crippen molar-refractivity contribution in [3.05, 3.63) is 0 Å². The smallest absolute Gasteiger partial charge is 0.252 e. The molecule has 0 unspecified atom stereocenters. The molecule has 0 aliphatic heterocycles. The van der Waals surface area contributed by atoms with Gasteiger partial charge in [0.05, 0.1) is 6.34 Å². The van der Waals surface area contributed by atoms with Crippen LogP contribution in [0.15, 0.2) is 4.99 Å². The van der Waals surface area contributed by atoms with Crippen LogP contribution in [0.1, 0.15) is 41.0 Å². The van der Waals surface area contributed by atoms with Crippen molar-refractivity contribution in [1.29, 1.82) is 0 Å². The number of nitrogens with two attached hydrogens (primary N) is 2. The standard InChI is InChI=1S/C7H14N2O.C2H6.CH5N/c1-4-7(2,3)6(10)9-5-8;2*1-2/h5H,4H2,1-3H3,(H2,8,9,10);1-2H3;2H2,1H3. The largest absolute Gasteiger partial charge is 0.390 e. The quantitative estimate of drug-likeness (QED) is 0.527. The van der Waals surface area contributed by atoms with Crippen LogP contribution in [0.2, 0.25) is 0 Å². The SMILES string of the molecule is CC.CCC(C)(C)C(=O)N=CN.CN. The number of carbonyl (C=O) groups excluding carboxylic acids is 1. The highest BCUT2D eigenvalue weighted by Gasteiger charge is 2.23. The Hall–Kier alpha value is -0.900. The van der Waals surface area contributed by atoms with Crippen LogP contribution in [0.4, 0.5) is 0 Å². The summed E-state index contributed by atoms with van der Waals surface area (Å²) in [6.07, 6.45) is 1.82. The normalized spacial score (nSPS) is 9.64. The fourth-order valence-corrected chi connectivity index (χ4v) is 0.394. The third-order valence-corrected chi connectivity index (χ3v) is 1.65. The van der Waals surface area contributed by atoms with Crippen molar-refractivity contribution in [1.82, 2.24) is 0 Å². The summed E-state index contributed by atoms with van der Waals surface area (Å²) in [5, 5.41) is 0. The molecule has 0 aromatic carbocycles. The van der Waals surface area contributed by atoms with E-state index in [1.165, 1.54) is 7.05 Å². The van der Waals surface area contributed by atoms with Crippen molar-refractivity contribution in [2.45, 2.75) is 41.0 Å². The lowest BCUT2D eigenvalue weighted by Crippen LogP contribution is -2.21. The molecule has 0 fully saturated rings. The molecule has 0 saturated carbocycles. The summed E-state index contributed by atoms with van der Waals surface area (Å²) in [7, 11) is 1.50. The summed E-state index contributed by atoms with van der Waals surface area (Å²) < 4.78 is 0. The fraction of sp³-hybridized carbons (Fsp3) is 0.800. The van der Waals surface area contributed by atoms with Crippen molar-refractivity contribution in [2.75, 3.05) is 7.05 Å². The van der Waals surface area contributed by atoms with E-state index in [4.69, 9.17) is 5.73 Å². The van der Waals surface area contributed by atoms with E-state index in [1.807, 2.05) is 34.6 Å². The number of rotatable bonds is 2. The van der Waals surface area contributed by atoms with Gasteiger partial charge in [0.2, 0.25) is 0 Å². The Kier molecular flexibility index (Phi) is 16.3. The van der Waals surface area contributed by atoms with Gasteiger partial charge in [0, 0.05) is 5.41 Å². The summed E-state index contributed by atoms with van der Waals surface area (Å²) in [6, 6.07) is 0. The summed E-state index contributed by atoms with van der Waals surface area (Å²) in [6.45, 7) is 9.65. The van der Waals surface area contributed by atoms with Crippen molar-refractivity contribution >= 4 is 12.2 Å². The third-order valence-electron chi connectivity index (χ3n) is 1.65. The number of hydrogen-bond donors (Lipinski definition) is 2. The molecule has 0 heterocycles. The number of hydrogen-bond acceptors (Lipinski definition) is 2. The second kappa shape index (κ2) is 12.1. The minimum Gasteiger partial charge on any atom is -0.390 e. The Morgan fingerprint density at radius 2 is 1.71 bits per heavy atom. The molecular weight excluding hydrogens is 178 g/mol. The molecule has 86 valence electrons. The fourth-order valence-electron chi connectivity index (χ4n) is 0.394. The highest BCUT2D eigenvalue weighted by atomic mass is 16.1. The van der Waals surface area contributed by atoms with Crippen LogP contribution >= 0.6 is 0 Å². The van der Waals surface area contributed by atoms with E-state index in [2.05, 4.69) is 10.7 Å². The molecule has 0 aliphatic rings. The first-order chi connectivity index (χ1) is 6.54. The van der Waals surface area contributed by atoms with E-state index in [1.54, 1.807) is 0 Å². The number of amides is 1. The molecule has 0 aliphatic carbocycles. The highest BCUT2D eigenvalue weighted by molar-refractivity contribution is 5.88. The lowest BCUT2D eigenvalue weighted by atomic mass is 9.90. The van der Waals surface area contributed by atoms with Crippen LogP contribution in [0.25, 0.3) is 0 Å². The second-order valence-corrected chi connectivity index (χ2v) is 2.82. The van der Waals surface area contributed by atoms with Gasteiger partial charge in [0.1, 0.15) is 0 Å². The van der Waals surface area contributed by atoms with Gasteiger partial charge in [-0.15, -0.1) is 0 Å². The maximum Gasteiger partial charge on any atom is 0.252 e. The predicted octanol–water partition coefficient (Wildman–Crippen LogP) is 1.54. The van der Waals surface area contributed by atoms with Gasteiger partial charge >= 0.3 is 0 Å². The zero-order valence-corrected chi connectivity index (χ0v) is 10.3. The molecule has 0 spiro atoms. The number of aliphatic imine (C=N–C) groups is 1. The van der Waals surface area contributed by atoms with Crippen LogP contribution in [-0.2, 0) is 4.79 Å². The average molecular weight is 203 g/mol. The zero-order chi connectivity index (χ0) is 12.2. The molecule has 0 radical (unpaired) electrons. The molecule has 0 saturated heterocycles. The molecular formula is C10H25N3O. The van der Waals surface area contributed by atoms with Gasteiger partial charge in [-0.2, -0.15) is 0 Å². The van der Waals surface area contributed by atoms with Crippen molar-refractivity contribution in [2.24, 2.45) is 21.9 Å². The molecule has 14 heavy (non-hydrogen) atoms. The topological polar surface area (TPSA) is 81.5 Å². The van der Waals surface area contributed by atoms with E-state index in [9.17, 15) is 4.79 Å². The molecule has 0 rings (SSSR count). The lowest BCUT2D eigenvalue weighted by molar-refractivity contribution is -0.125. The Labute approximate surface area is 87.8 Å². The van der Waals surface area contributed by atoms with E-state index >= 15 is 0 Å². The van der Waals surface area contributed by atoms with E-state index in [0.717, 1.165) is 12.8 Å². The minimum absolute atomic E-state index is 0.155. The summed E-state index contributed by atoms with van der Waals surface area (Å²) in [5.74, 6) is -0.155. The maximum absolute atomic E-state index is 11.0. The molecule has 0 aromatic rings. The summed E-state index contributed by atoms with van der Waals surface area (Å²) in [5.41, 5.74) is 9.10. The predicted molar refractivity (Wildman–Crippen MR) is 63.2 cm³/mol. The zero-order valence-electron chi connectivity index (χ0n) is 10.3. The van der Waals surface area contributed by atoms with E-state index < -0.39 is 0 Å². The van der Waals surface area contributed by atoms with Gasteiger partial charge in [-0.25, -0.2) is 4.99 Å². The Bertz CT molecular complexity index is 153. The van der Waals surface area contributed by atoms with Gasteiger partial charge in [0.15, 0.2) is 0 Å². The van der Waals surface area contributed by atoms with Gasteiger partial charge in [-0.05, 0) is 13.5 Å². The van der Waals surface area contributed by atoms with Gasteiger partial charge in [-0.1, -0.05) is 34.6 Å². The Balaban J connectivity index is -0.000000266. The minimum atomic E-state index is -0.365. The van der Waals surface area contributed by atoms with Crippen LogP contribution in [0, 0.1) is 5.41 Å². The average Bonchev–Trinajstić information content (AvgIpc) is 2.24. The van der Waals surface area contributed by atoms with Crippen LogP contribution in [0.3, 0.4) is 0 Å².